The zero-order chi connectivity index (χ0) is 43.0. The molecule has 6 nitrogen and oxygen atoms in total. The van der Waals surface area contributed by atoms with Crippen LogP contribution in [0.3, 0.4) is 0 Å². The van der Waals surface area contributed by atoms with Crippen molar-refractivity contribution < 1.29 is 28.6 Å². The Morgan fingerprint density at radius 3 is 1.07 bits per heavy atom. The van der Waals surface area contributed by atoms with E-state index in [1.54, 1.807) is 0 Å². The fourth-order valence-electron chi connectivity index (χ4n) is 7.04. The highest BCUT2D eigenvalue weighted by atomic mass is 16.6. The first-order valence-electron chi connectivity index (χ1n) is 25.1. The van der Waals surface area contributed by atoms with Gasteiger partial charge in [0.05, 0.1) is 0 Å². The highest BCUT2D eigenvalue weighted by molar-refractivity contribution is 5.71. The Kier molecular flexibility index (Phi) is 45.9. The highest BCUT2D eigenvalue weighted by Crippen LogP contribution is 2.15. The van der Waals surface area contributed by atoms with E-state index in [4.69, 9.17) is 14.2 Å². The molecule has 0 fully saturated rings. The molecule has 0 heterocycles. The molecule has 0 amide bonds. The van der Waals surface area contributed by atoms with E-state index in [0.717, 1.165) is 89.9 Å². The molecule has 0 bridgehead atoms. The number of unbranched alkanes of at least 4 members (excludes halogenated alkanes) is 26. The van der Waals surface area contributed by atoms with Crippen molar-refractivity contribution in [2.24, 2.45) is 0 Å². The molecule has 0 aliphatic heterocycles. The molecule has 59 heavy (non-hydrogen) atoms. The van der Waals surface area contributed by atoms with Crippen molar-refractivity contribution in [1.82, 2.24) is 0 Å². The first kappa shape index (κ1) is 56.4. The highest BCUT2D eigenvalue weighted by Gasteiger charge is 2.19. The molecule has 0 spiro atoms. The van der Waals surface area contributed by atoms with Gasteiger partial charge in [0.1, 0.15) is 13.2 Å². The number of allylic oxidation sites excluding steroid dienone is 8. The van der Waals surface area contributed by atoms with E-state index >= 15 is 0 Å². The number of ether oxygens (including phenoxy) is 3. The summed E-state index contributed by atoms with van der Waals surface area (Å²) in [6, 6.07) is 0. The van der Waals surface area contributed by atoms with Crippen LogP contribution in [0.25, 0.3) is 0 Å². The maximum Gasteiger partial charge on any atom is 0.306 e. The topological polar surface area (TPSA) is 78.9 Å². The van der Waals surface area contributed by atoms with Crippen LogP contribution in [0.15, 0.2) is 48.6 Å². The zero-order valence-corrected chi connectivity index (χ0v) is 39.0. The molecular formula is C53H94O6. The number of carbonyl (C=O) groups excluding carboxylic acids is 3. The Morgan fingerprint density at radius 1 is 0.356 bits per heavy atom. The standard InChI is InChI=1S/C53H94O6/c1-4-7-10-13-16-19-21-23-24-25-26-27-28-30-31-34-37-40-43-46-52(55)58-49-50(48-57-51(54)45-42-39-36-33-18-15-12-9-6-3)59-53(56)47-44-41-38-35-32-29-22-20-17-14-11-8-5-2/h7,10,16,19,23-24,29,32,50H,4-6,8-9,11-15,17-18,20-22,25-28,30-31,33-49H2,1-3H3/b10-7-,19-16-,24-23-,32-29-. The van der Waals surface area contributed by atoms with E-state index < -0.39 is 6.10 Å². The predicted molar refractivity (Wildman–Crippen MR) is 252 cm³/mol. The van der Waals surface area contributed by atoms with Crippen molar-refractivity contribution >= 4 is 17.9 Å². The molecule has 1 atom stereocenters. The summed E-state index contributed by atoms with van der Waals surface area (Å²) in [6.07, 6.45) is 56.7. The van der Waals surface area contributed by atoms with Gasteiger partial charge in [0, 0.05) is 19.3 Å². The molecular weight excluding hydrogens is 733 g/mol. The first-order valence-corrected chi connectivity index (χ1v) is 25.1. The van der Waals surface area contributed by atoms with Crippen LogP contribution < -0.4 is 0 Å². The van der Waals surface area contributed by atoms with E-state index in [1.807, 2.05) is 0 Å². The normalized spacial score (nSPS) is 12.4. The second-order valence-corrected chi connectivity index (χ2v) is 16.7. The molecule has 342 valence electrons. The lowest BCUT2D eigenvalue weighted by atomic mass is 10.1. The van der Waals surface area contributed by atoms with Gasteiger partial charge in [-0.25, -0.2) is 0 Å². The summed E-state index contributed by atoms with van der Waals surface area (Å²) in [5.74, 6) is -0.899. The summed E-state index contributed by atoms with van der Waals surface area (Å²) in [7, 11) is 0. The summed E-state index contributed by atoms with van der Waals surface area (Å²) >= 11 is 0. The summed E-state index contributed by atoms with van der Waals surface area (Å²) in [5.41, 5.74) is 0. The number of esters is 3. The van der Waals surface area contributed by atoms with Gasteiger partial charge in [-0.2, -0.15) is 0 Å². The summed E-state index contributed by atoms with van der Waals surface area (Å²) in [4.78, 5) is 37.8. The fraction of sp³-hybridized carbons (Fsp3) is 0.792. The van der Waals surface area contributed by atoms with E-state index in [0.29, 0.717) is 19.3 Å². The monoisotopic (exact) mass is 827 g/mol. The molecule has 6 heteroatoms. The smallest absolute Gasteiger partial charge is 0.306 e. The van der Waals surface area contributed by atoms with Crippen LogP contribution in [0.2, 0.25) is 0 Å². The van der Waals surface area contributed by atoms with E-state index in [9.17, 15) is 14.4 Å². The van der Waals surface area contributed by atoms with Gasteiger partial charge in [0.2, 0.25) is 0 Å². The van der Waals surface area contributed by atoms with Crippen molar-refractivity contribution in [2.45, 2.75) is 258 Å². The van der Waals surface area contributed by atoms with Gasteiger partial charge in [-0.3, -0.25) is 14.4 Å². The van der Waals surface area contributed by atoms with Gasteiger partial charge >= 0.3 is 17.9 Å². The van der Waals surface area contributed by atoms with Crippen molar-refractivity contribution in [3.8, 4) is 0 Å². The van der Waals surface area contributed by atoms with Gasteiger partial charge in [0.25, 0.3) is 0 Å². The molecule has 0 aromatic rings. The Bertz CT molecular complexity index is 1040. The summed E-state index contributed by atoms with van der Waals surface area (Å²) in [6.45, 7) is 6.49. The lowest BCUT2D eigenvalue weighted by Crippen LogP contribution is -2.30. The molecule has 0 aliphatic carbocycles. The van der Waals surface area contributed by atoms with Crippen LogP contribution >= 0.6 is 0 Å². The second kappa shape index (κ2) is 48.0. The van der Waals surface area contributed by atoms with Crippen molar-refractivity contribution in [3.63, 3.8) is 0 Å². The molecule has 0 aliphatic rings. The van der Waals surface area contributed by atoms with Gasteiger partial charge in [0.15, 0.2) is 6.10 Å². The maximum absolute atomic E-state index is 12.7. The van der Waals surface area contributed by atoms with Gasteiger partial charge in [-0.1, -0.05) is 204 Å². The third-order valence-electron chi connectivity index (χ3n) is 10.8. The van der Waals surface area contributed by atoms with E-state index in [2.05, 4.69) is 69.4 Å². The average molecular weight is 827 g/mol. The number of hydrogen-bond donors (Lipinski definition) is 0. The van der Waals surface area contributed by atoms with E-state index in [1.165, 1.54) is 122 Å². The fourth-order valence-corrected chi connectivity index (χ4v) is 7.04. The van der Waals surface area contributed by atoms with Gasteiger partial charge < -0.3 is 14.2 Å². The number of hydrogen-bond acceptors (Lipinski definition) is 6. The lowest BCUT2D eigenvalue weighted by Gasteiger charge is -2.18. The largest absolute Gasteiger partial charge is 0.462 e. The maximum atomic E-state index is 12.7. The molecule has 0 saturated heterocycles. The van der Waals surface area contributed by atoms with Gasteiger partial charge in [-0.15, -0.1) is 0 Å². The Balaban J connectivity index is 4.31. The Hall–Kier alpha value is -2.63. The van der Waals surface area contributed by atoms with Gasteiger partial charge in [-0.05, 0) is 77.0 Å². The molecule has 1 unspecified atom stereocenters. The van der Waals surface area contributed by atoms with Crippen LogP contribution in [-0.4, -0.2) is 37.2 Å². The van der Waals surface area contributed by atoms with Crippen LogP contribution in [0, 0.1) is 0 Å². The van der Waals surface area contributed by atoms with Crippen molar-refractivity contribution in [3.05, 3.63) is 48.6 Å². The zero-order valence-electron chi connectivity index (χ0n) is 39.0. The average Bonchev–Trinajstić information content (AvgIpc) is 3.23. The van der Waals surface area contributed by atoms with E-state index in [-0.39, 0.29) is 31.1 Å². The summed E-state index contributed by atoms with van der Waals surface area (Å²) < 4.78 is 16.7. The van der Waals surface area contributed by atoms with Crippen molar-refractivity contribution in [1.29, 1.82) is 0 Å². The molecule has 0 rings (SSSR count). The SMILES string of the molecule is CC/C=C\C/C=C\C/C=C\CCCCCCCCCCCC(=O)OCC(COC(=O)CCCCCCCCCCC)OC(=O)CCCCC/C=C\CCCCCCCC. The quantitative estimate of drug-likeness (QED) is 0.0263. The Labute approximate surface area is 365 Å². The Morgan fingerprint density at radius 2 is 0.661 bits per heavy atom. The number of carbonyl (C=O) groups is 3. The van der Waals surface area contributed by atoms with Crippen LogP contribution in [0.5, 0.6) is 0 Å². The first-order chi connectivity index (χ1) is 29.0. The molecule has 0 aromatic heterocycles. The van der Waals surface area contributed by atoms with Crippen LogP contribution in [0.1, 0.15) is 252 Å². The third kappa shape index (κ3) is 46.3. The third-order valence-corrected chi connectivity index (χ3v) is 10.8. The van der Waals surface area contributed by atoms with Crippen molar-refractivity contribution in [2.75, 3.05) is 13.2 Å². The van der Waals surface area contributed by atoms with Crippen LogP contribution in [0.4, 0.5) is 0 Å². The van der Waals surface area contributed by atoms with Crippen LogP contribution in [-0.2, 0) is 28.6 Å². The minimum atomic E-state index is -0.778. The molecule has 0 radical (unpaired) electrons. The minimum Gasteiger partial charge on any atom is -0.462 e. The predicted octanol–water partition coefficient (Wildman–Crippen LogP) is 16.3. The second-order valence-electron chi connectivity index (χ2n) is 16.7. The molecule has 0 aromatic carbocycles. The number of rotatable bonds is 45. The summed E-state index contributed by atoms with van der Waals surface area (Å²) in [5, 5.41) is 0. The lowest BCUT2D eigenvalue weighted by molar-refractivity contribution is -0.167. The minimum absolute atomic E-state index is 0.0790. The molecule has 0 saturated carbocycles. The molecule has 0 N–H and O–H groups in total.